The van der Waals surface area contributed by atoms with Crippen molar-refractivity contribution < 1.29 is 9.47 Å². The lowest BCUT2D eigenvalue weighted by atomic mass is 10.1. The van der Waals surface area contributed by atoms with Crippen LogP contribution in [0.1, 0.15) is 17.5 Å². The summed E-state index contributed by atoms with van der Waals surface area (Å²) in [5.74, 6) is 1.75. The molecule has 0 saturated carbocycles. The van der Waals surface area contributed by atoms with Crippen molar-refractivity contribution in [2.45, 2.75) is 6.42 Å². The predicted octanol–water partition coefficient (Wildman–Crippen LogP) is 2.46. The molecule has 0 atom stereocenters. The van der Waals surface area contributed by atoms with Gasteiger partial charge in [-0.05, 0) is 12.5 Å². The molecule has 108 valence electrons. The van der Waals surface area contributed by atoms with Crippen LogP contribution in [-0.2, 0) is 0 Å². The molecular formula is C14H18ClN3O2. The lowest BCUT2D eigenvalue weighted by Crippen LogP contribution is -2.23. The largest absolute Gasteiger partial charge is 0.493 e. The monoisotopic (exact) mass is 295 g/mol. The van der Waals surface area contributed by atoms with Gasteiger partial charge in [-0.3, -0.25) is 5.41 Å². The Balaban J connectivity index is 3.20. The zero-order valence-electron chi connectivity index (χ0n) is 11.9. The Hall–Kier alpha value is -1.93. The fourth-order valence-corrected chi connectivity index (χ4v) is 1.71. The van der Waals surface area contributed by atoms with E-state index in [0.717, 1.165) is 0 Å². The van der Waals surface area contributed by atoms with Crippen LogP contribution in [0.15, 0.2) is 12.1 Å². The van der Waals surface area contributed by atoms with Crippen molar-refractivity contribution in [3.63, 3.8) is 0 Å². The third-order valence-electron chi connectivity index (χ3n) is 2.66. The average Bonchev–Trinajstić information content (AvgIpc) is 2.45. The Kier molecular flexibility index (Phi) is 6.13. The summed E-state index contributed by atoms with van der Waals surface area (Å²) >= 11 is 5.62. The number of ether oxygens (including phenoxy) is 2. The number of amidine groups is 1. The Bertz CT molecular complexity index is 524. The van der Waals surface area contributed by atoms with Crippen LogP contribution in [0.4, 0.5) is 0 Å². The van der Waals surface area contributed by atoms with Crippen molar-refractivity contribution in [3.8, 4) is 17.6 Å². The maximum atomic E-state index is 9.20. The molecule has 0 aliphatic carbocycles. The number of hydrogen-bond acceptors (Lipinski definition) is 4. The second-order valence-electron chi connectivity index (χ2n) is 4.29. The molecule has 1 aromatic rings. The summed E-state index contributed by atoms with van der Waals surface area (Å²) in [5, 5.41) is 17.2. The van der Waals surface area contributed by atoms with E-state index in [-0.39, 0.29) is 5.84 Å². The molecule has 0 saturated heterocycles. The maximum absolute atomic E-state index is 9.20. The quantitative estimate of drug-likeness (QED) is 0.379. The van der Waals surface area contributed by atoms with Gasteiger partial charge in [-0.2, -0.15) is 5.26 Å². The van der Waals surface area contributed by atoms with E-state index >= 15 is 0 Å². The molecule has 1 N–H and O–H groups in total. The lowest BCUT2D eigenvalue weighted by Gasteiger charge is -2.17. The molecule has 0 unspecified atom stereocenters. The molecule has 0 spiro atoms. The van der Waals surface area contributed by atoms with E-state index in [9.17, 15) is 5.26 Å². The Morgan fingerprint density at radius 2 is 2.10 bits per heavy atom. The number of halogens is 1. The molecule has 20 heavy (non-hydrogen) atoms. The first-order chi connectivity index (χ1) is 9.54. The van der Waals surface area contributed by atoms with Crippen LogP contribution >= 0.6 is 11.6 Å². The smallest absolute Gasteiger partial charge is 0.162 e. The first-order valence-electron chi connectivity index (χ1n) is 6.12. The van der Waals surface area contributed by atoms with Gasteiger partial charge < -0.3 is 14.4 Å². The zero-order valence-corrected chi connectivity index (χ0v) is 12.6. The summed E-state index contributed by atoms with van der Waals surface area (Å²) in [7, 11) is 5.02. The minimum Gasteiger partial charge on any atom is -0.493 e. The summed E-state index contributed by atoms with van der Waals surface area (Å²) in [6, 6.07) is 5.32. The summed E-state index contributed by atoms with van der Waals surface area (Å²) in [6.07, 6.45) is 0.713. The first kappa shape index (κ1) is 16.1. The van der Waals surface area contributed by atoms with Gasteiger partial charge in [0.1, 0.15) is 11.9 Å². The molecule has 0 amide bonds. The summed E-state index contributed by atoms with van der Waals surface area (Å²) < 4.78 is 10.8. The van der Waals surface area contributed by atoms with Gasteiger partial charge in [0.15, 0.2) is 11.5 Å². The van der Waals surface area contributed by atoms with Crippen molar-refractivity contribution in [2.75, 3.05) is 33.7 Å². The molecule has 0 radical (unpaired) electrons. The van der Waals surface area contributed by atoms with E-state index in [0.29, 0.717) is 41.5 Å². The summed E-state index contributed by atoms with van der Waals surface area (Å²) in [4.78, 5) is 1.63. The van der Waals surface area contributed by atoms with Gasteiger partial charge in [0.25, 0.3) is 0 Å². The van der Waals surface area contributed by atoms with E-state index < -0.39 is 0 Å². The number of nitriles is 1. The molecule has 0 heterocycles. The Morgan fingerprint density at radius 1 is 1.40 bits per heavy atom. The van der Waals surface area contributed by atoms with Crippen LogP contribution in [0.5, 0.6) is 11.5 Å². The number of benzene rings is 1. The highest BCUT2D eigenvalue weighted by Gasteiger charge is 2.16. The second kappa shape index (κ2) is 7.61. The minimum atomic E-state index is 0.242. The molecular weight excluding hydrogens is 278 g/mol. The Morgan fingerprint density at radius 3 is 2.60 bits per heavy atom. The number of nitrogens with zero attached hydrogens (tertiary/aromatic N) is 2. The van der Waals surface area contributed by atoms with Gasteiger partial charge in [0, 0.05) is 31.6 Å². The molecule has 0 aromatic heterocycles. The molecule has 0 aliphatic heterocycles. The predicted molar refractivity (Wildman–Crippen MR) is 79.1 cm³/mol. The van der Waals surface area contributed by atoms with Crippen molar-refractivity contribution in [3.05, 3.63) is 23.3 Å². The molecule has 0 aliphatic rings. The van der Waals surface area contributed by atoms with Gasteiger partial charge >= 0.3 is 0 Å². The second-order valence-corrected chi connectivity index (χ2v) is 4.67. The van der Waals surface area contributed by atoms with Crippen molar-refractivity contribution in [2.24, 2.45) is 0 Å². The van der Waals surface area contributed by atoms with Gasteiger partial charge in [-0.15, -0.1) is 11.6 Å². The van der Waals surface area contributed by atoms with E-state index in [2.05, 4.69) is 6.07 Å². The van der Waals surface area contributed by atoms with Gasteiger partial charge in [-0.25, -0.2) is 0 Å². The number of alkyl halides is 1. The van der Waals surface area contributed by atoms with Crippen molar-refractivity contribution >= 4 is 17.4 Å². The molecule has 1 aromatic carbocycles. The van der Waals surface area contributed by atoms with Crippen LogP contribution in [0.3, 0.4) is 0 Å². The van der Waals surface area contributed by atoms with Gasteiger partial charge in [0.2, 0.25) is 0 Å². The van der Waals surface area contributed by atoms with Crippen LogP contribution in [0, 0.1) is 16.7 Å². The number of hydrogen-bond donors (Lipinski definition) is 1. The van der Waals surface area contributed by atoms with Crippen molar-refractivity contribution in [1.82, 2.24) is 4.90 Å². The standard InChI is InChI=1S/C14H18ClN3O2/c1-18(2)14(17)11-8-13(20-6-4-5-15)12(19-3)7-10(11)9-16/h7-8,17H,4-6H2,1-3H3. The van der Waals surface area contributed by atoms with E-state index in [4.69, 9.17) is 26.5 Å². The molecule has 1 rings (SSSR count). The zero-order chi connectivity index (χ0) is 15.1. The van der Waals surface area contributed by atoms with Crippen LogP contribution in [0.2, 0.25) is 0 Å². The van der Waals surface area contributed by atoms with Gasteiger partial charge in [0.05, 0.1) is 19.3 Å². The fourth-order valence-electron chi connectivity index (χ4n) is 1.60. The third-order valence-corrected chi connectivity index (χ3v) is 2.93. The fraction of sp³-hybridized carbons (Fsp3) is 0.429. The highest BCUT2D eigenvalue weighted by molar-refractivity contribution is 6.17. The molecule has 0 fully saturated rings. The molecule has 0 bridgehead atoms. The van der Waals surface area contributed by atoms with Crippen LogP contribution < -0.4 is 9.47 Å². The number of methoxy groups -OCH3 is 1. The van der Waals surface area contributed by atoms with Gasteiger partial charge in [-0.1, -0.05) is 0 Å². The van der Waals surface area contributed by atoms with E-state index in [1.54, 1.807) is 31.1 Å². The maximum Gasteiger partial charge on any atom is 0.162 e. The number of nitrogens with one attached hydrogen (secondary N) is 1. The summed E-state index contributed by atoms with van der Waals surface area (Å²) in [6.45, 7) is 0.459. The highest BCUT2D eigenvalue weighted by atomic mass is 35.5. The van der Waals surface area contributed by atoms with Crippen LogP contribution in [0.25, 0.3) is 0 Å². The third kappa shape index (κ3) is 3.78. The van der Waals surface area contributed by atoms with Crippen LogP contribution in [-0.4, -0.2) is 44.4 Å². The summed E-state index contributed by atoms with van der Waals surface area (Å²) in [5.41, 5.74) is 0.893. The lowest BCUT2D eigenvalue weighted by molar-refractivity contribution is 0.295. The topological polar surface area (TPSA) is 69.3 Å². The Labute approximate surface area is 124 Å². The molecule has 5 nitrogen and oxygen atoms in total. The van der Waals surface area contributed by atoms with E-state index in [1.165, 1.54) is 7.11 Å². The average molecular weight is 296 g/mol. The molecule has 6 heteroatoms. The minimum absolute atomic E-state index is 0.242. The highest BCUT2D eigenvalue weighted by Crippen LogP contribution is 2.31. The SMILES string of the molecule is COc1cc(C#N)c(C(=N)N(C)C)cc1OCCCCl. The first-order valence-corrected chi connectivity index (χ1v) is 6.65. The van der Waals surface area contributed by atoms with E-state index in [1.807, 2.05) is 0 Å². The van der Waals surface area contributed by atoms with Crippen molar-refractivity contribution in [1.29, 1.82) is 10.7 Å². The normalized spacial score (nSPS) is 9.75. The number of rotatable bonds is 6.